The summed E-state index contributed by atoms with van der Waals surface area (Å²) in [6.07, 6.45) is 2.39. The monoisotopic (exact) mass is 527 g/mol. The third kappa shape index (κ3) is 5.37. The number of carbonyl (C=O) groups is 2. The maximum atomic E-state index is 13.0. The van der Waals surface area contributed by atoms with Crippen LogP contribution in [0.1, 0.15) is 19.3 Å². The third-order valence-electron chi connectivity index (χ3n) is 6.34. The molecule has 0 aromatic heterocycles. The fourth-order valence-corrected chi connectivity index (χ4v) is 6.81. The molecule has 0 saturated carbocycles. The topological polar surface area (TPSA) is 121 Å². The molecule has 2 fully saturated rings. The van der Waals surface area contributed by atoms with Crippen LogP contribution in [0.4, 0.5) is 0 Å². The lowest BCUT2D eigenvalue weighted by Crippen LogP contribution is -2.54. The van der Waals surface area contributed by atoms with E-state index in [2.05, 4.69) is 4.72 Å². The number of nitrogens with zero attached hydrogens (tertiary/aromatic N) is 2. The summed E-state index contributed by atoms with van der Waals surface area (Å²) in [5.41, 5.74) is 0. The Labute approximate surface area is 204 Å². The Kier molecular flexibility index (Phi) is 6.92. The lowest BCUT2D eigenvalue weighted by atomic mass is 10.1. The summed E-state index contributed by atoms with van der Waals surface area (Å²) >= 11 is 5.98. The van der Waals surface area contributed by atoms with Crippen molar-refractivity contribution in [2.45, 2.75) is 35.4 Å². The van der Waals surface area contributed by atoms with Crippen LogP contribution in [0.25, 0.3) is 10.8 Å². The smallest absolute Gasteiger partial charge is 0.242 e. The number of hydrogen-bond donors (Lipinski definition) is 1. The van der Waals surface area contributed by atoms with Crippen molar-refractivity contribution in [2.75, 3.05) is 32.4 Å². The van der Waals surface area contributed by atoms with Gasteiger partial charge in [-0.2, -0.15) is 4.72 Å². The molecule has 184 valence electrons. The Morgan fingerprint density at radius 1 is 1.06 bits per heavy atom. The van der Waals surface area contributed by atoms with Crippen molar-refractivity contribution in [3.8, 4) is 0 Å². The predicted molar refractivity (Wildman–Crippen MR) is 129 cm³/mol. The Morgan fingerprint density at radius 2 is 1.76 bits per heavy atom. The van der Waals surface area contributed by atoms with Gasteiger partial charge in [0, 0.05) is 30.9 Å². The second-order valence-electron chi connectivity index (χ2n) is 8.81. The number of piperidine rings is 1. The van der Waals surface area contributed by atoms with Crippen LogP contribution in [-0.4, -0.2) is 82.2 Å². The minimum Gasteiger partial charge on any atom is -0.340 e. The van der Waals surface area contributed by atoms with Crippen LogP contribution < -0.4 is 4.72 Å². The van der Waals surface area contributed by atoms with Gasteiger partial charge in [0.05, 0.1) is 16.7 Å². The molecule has 2 aromatic rings. The maximum absolute atomic E-state index is 13.0. The quantitative estimate of drug-likeness (QED) is 0.606. The standard InChI is InChI=1S/C22H26ClN3O6S2/c1-33(29,30)19-8-10-25(13-19)21(27)14-26-9-2-3-20(22(26)28)24-34(31,32)18-7-5-15-11-17(23)6-4-16(15)12-18/h4-7,11-12,19-20,24H,2-3,8-10,13-14H2,1H3/t19?,20-/m0/s1. The van der Waals surface area contributed by atoms with Crippen LogP contribution in [0.3, 0.4) is 0 Å². The summed E-state index contributed by atoms with van der Waals surface area (Å²) in [5.74, 6) is -0.800. The van der Waals surface area contributed by atoms with Gasteiger partial charge in [0.25, 0.3) is 0 Å². The van der Waals surface area contributed by atoms with Crippen LogP contribution in [0.15, 0.2) is 41.3 Å². The fraction of sp³-hybridized carbons (Fsp3) is 0.455. The number of amides is 2. The predicted octanol–water partition coefficient (Wildman–Crippen LogP) is 1.41. The lowest BCUT2D eigenvalue weighted by molar-refractivity contribution is -0.142. The molecule has 2 aromatic carbocycles. The first-order valence-electron chi connectivity index (χ1n) is 10.9. The number of rotatable bonds is 6. The van der Waals surface area contributed by atoms with Crippen LogP contribution in [0.2, 0.25) is 5.02 Å². The molecule has 0 aliphatic carbocycles. The summed E-state index contributed by atoms with van der Waals surface area (Å²) in [4.78, 5) is 28.5. The zero-order chi connectivity index (χ0) is 24.7. The molecule has 2 amide bonds. The number of halogens is 1. The highest BCUT2D eigenvalue weighted by Gasteiger charge is 2.36. The van der Waals surface area contributed by atoms with E-state index in [1.54, 1.807) is 24.3 Å². The van der Waals surface area contributed by atoms with E-state index in [0.29, 0.717) is 42.8 Å². The minimum atomic E-state index is -3.98. The average Bonchev–Trinajstić information content (AvgIpc) is 3.27. The van der Waals surface area contributed by atoms with Gasteiger partial charge >= 0.3 is 0 Å². The zero-order valence-corrected chi connectivity index (χ0v) is 21.0. The number of nitrogens with one attached hydrogen (secondary N) is 1. The molecule has 2 aliphatic rings. The molecule has 12 heteroatoms. The maximum Gasteiger partial charge on any atom is 0.242 e. The van der Waals surface area contributed by atoms with Crippen LogP contribution in [0.5, 0.6) is 0 Å². The van der Waals surface area contributed by atoms with E-state index < -0.39 is 37.1 Å². The van der Waals surface area contributed by atoms with Crippen molar-refractivity contribution in [1.29, 1.82) is 0 Å². The molecule has 9 nitrogen and oxygen atoms in total. The Bertz CT molecular complexity index is 1350. The number of fused-ring (bicyclic) bond motifs is 1. The van der Waals surface area contributed by atoms with E-state index in [9.17, 15) is 26.4 Å². The molecule has 0 spiro atoms. The number of likely N-dealkylation sites (tertiary alicyclic amines) is 2. The first kappa shape index (κ1) is 24.9. The van der Waals surface area contributed by atoms with Crippen LogP contribution in [0, 0.1) is 0 Å². The average molecular weight is 528 g/mol. The molecule has 2 atom stereocenters. The van der Waals surface area contributed by atoms with E-state index in [1.165, 1.54) is 21.9 Å². The summed E-state index contributed by atoms with van der Waals surface area (Å²) in [7, 11) is -7.22. The van der Waals surface area contributed by atoms with Gasteiger partial charge in [-0.15, -0.1) is 0 Å². The minimum absolute atomic E-state index is 0.0344. The number of hydrogen-bond acceptors (Lipinski definition) is 6. The van der Waals surface area contributed by atoms with Crippen molar-refractivity contribution >= 4 is 54.0 Å². The largest absolute Gasteiger partial charge is 0.340 e. The number of sulfonamides is 1. The van der Waals surface area contributed by atoms with Crippen LogP contribution in [-0.2, 0) is 29.4 Å². The van der Waals surface area contributed by atoms with Gasteiger partial charge in [0.15, 0.2) is 9.84 Å². The van der Waals surface area contributed by atoms with Crippen molar-refractivity contribution in [2.24, 2.45) is 0 Å². The van der Waals surface area contributed by atoms with Crippen molar-refractivity contribution in [3.05, 3.63) is 41.4 Å². The number of benzene rings is 2. The first-order chi connectivity index (χ1) is 15.9. The van der Waals surface area contributed by atoms with Gasteiger partial charge in [0.2, 0.25) is 21.8 Å². The molecular formula is C22H26ClN3O6S2. The van der Waals surface area contributed by atoms with Gasteiger partial charge in [-0.1, -0.05) is 23.7 Å². The molecular weight excluding hydrogens is 502 g/mol. The highest BCUT2D eigenvalue weighted by Crippen LogP contribution is 2.24. The molecule has 1 unspecified atom stereocenters. The SMILES string of the molecule is CS(=O)(=O)C1CCN(C(=O)CN2CCC[C@H](NS(=O)(=O)c3ccc4cc(Cl)ccc4c3)C2=O)C1. The summed E-state index contributed by atoms with van der Waals surface area (Å²) in [5, 5.41) is 1.45. The molecule has 1 N–H and O–H groups in total. The Hall–Kier alpha value is -2.21. The van der Waals surface area contributed by atoms with E-state index >= 15 is 0 Å². The Morgan fingerprint density at radius 3 is 2.47 bits per heavy atom. The van der Waals surface area contributed by atoms with Gasteiger partial charge in [-0.05, 0) is 54.3 Å². The molecule has 34 heavy (non-hydrogen) atoms. The molecule has 2 saturated heterocycles. The third-order valence-corrected chi connectivity index (χ3v) is 9.64. The summed E-state index contributed by atoms with van der Waals surface area (Å²) in [6, 6.07) is 8.79. The second kappa shape index (κ2) is 9.44. The van der Waals surface area contributed by atoms with E-state index in [-0.39, 0.29) is 23.9 Å². The number of sulfone groups is 1. The van der Waals surface area contributed by atoms with Gasteiger partial charge in [-0.25, -0.2) is 16.8 Å². The normalized spacial score (nSPS) is 21.9. The summed E-state index contributed by atoms with van der Waals surface area (Å²) in [6.45, 7) is 0.567. The molecule has 2 heterocycles. The molecule has 2 aliphatic heterocycles. The van der Waals surface area contributed by atoms with E-state index in [4.69, 9.17) is 11.6 Å². The van der Waals surface area contributed by atoms with E-state index in [0.717, 1.165) is 11.6 Å². The fourth-order valence-electron chi connectivity index (χ4n) is 4.39. The van der Waals surface area contributed by atoms with Gasteiger partial charge < -0.3 is 9.80 Å². The zero-order valence-electron chi connectivity index (χ0n) is 18.6. The second-order valence-corrected chi connectivity index (χ2v) is 13.3. The number of carbonyl (C=O) groups excluding carboxylic acids is 2. The summed E-state index contributed by atoms with van der Waals surface area (Å²) < 4.78 is 52.0. The van der Waals surface area contributed by atoms with Crippen molar-refractivity contribution in [1.82, 2.24) is 14.5 Å². The molecule has 0 radical (unpaired) electrons. The van der Waals surface area contributed by atoms with Gasteiger partial charge in [-0.3, -0.25) is 9.59 Å². The van der Waals surface area contributed by atoms with Gasteiger partial charge in [0.1, 0.15) is 6.04 Å². The highest BCUT2D eigenvalue weighted by atomic mass is 35.5. The first-order valence-corrected chi connectivity index (χ1v) is 14.7. The van der Waals surface area contributed by atoms with E-state index in [1.807, 2.05) is 0 Å². The van der Waals surface area contributed by atoms with Crippen molar-refractivity contribution < 1.29 is 26.4 Å². The van der Waals surface area contributed by atoms with Crippen LogP contribution >= 0.6 is 11.6 Å². The van der Waals surface area contributed by atoms with Crippen molar-refractivity contribution in [3.63, 3.8) is 0 Å². The lowest BCUT2D eigenvalue weighted by Gasteiger charge is -2.33. The molecule has 4 rings (SSSR count). The Balaban J connectivity index is 1.43. The highest BCUT2D eigenvalue weighted by molar-refractivity contribution is 7.91. The molecule has 0 bridgehead atoms.